The van der Waals surface area contributed by atoms with E-state index in [2.05, 4.69) is 10.3 Å². The zero-order valence-electron chi connectivity index (χ0n) is 12.2. The lowest BCUT2D eigenvalue weighted by molar-refractivity contribution is 0.0679. The van der Waals surface area contributed by atoms with Crippen LogP contribution in [0.25, 0.3) is 0 Å². The molecule has 0 spiro atoms. The lowest BCUT2D eigenvalue weighted by Crippen LogP contribution is -2.16. The molecule has 1 fully saturated rings. The Morgan fingerprint density at radius 2 is 2.00 bits per heavy atom. The minimum Gasteiger partial charge on any atom is -0.491 e. The van der Waals surface area contributed by atoms with Crippen LogP contribution < -0.4 is 10.1 Å². The number of aromatic nitrogens is 1. The van der Waals surface area contributed by atoms with Gasteiger partial charge in [0.15, 0.2) is 0 Å². The van der Waals surface area contributed by atoms with E-state index in [4.69, 9.17) is 9.47 Å². The molecule has 1 saturated heterocycles. The largest absolute Gasteiger partial charge is 0.491 e. The number of ether oxygens (including phenoxy) is 2. The number of benzene rings is 1. The van der Waals surface area contributed by atoms with Crippen molar-refractivity contribution in [1.29, 1.82) is 0 Å². The molecule has 0 bridgehead atoms. The Balaban J connectivity index is 1.53. The first-order chi connectivity index (χ1) is 10.8. The maximum atomic E-state index is 12.0. The number of pyridine rings is 1. The third kappa shape index (κ3) is 3.83. The quantitative estimate of drug-likeness (QED) is 0.922. The molecule has 2 heterocycles. The Hall–Kier alpha value is -2.40. The van der Waals surface area contributed by atoms with Crippen molar-refractivity contribution >= 4 is 11.6 Å². The molecule has 0 radical (unpaired) electrons. The summed E-state index contributed by atoms with van der Waals surface area (Å²) < 4.78 is 11.2. The van der Waals surface area contributed by atoms with Gasteiger partial charge in [-0.05, 0) is 49.2 Å². The lowest BCUT2D eigenvalue weighted by atomic mass is 10.2. The molecule has 114 valence electrons. The van der Waals surface area contributed by atoms with E-state index < -0.39 is 0 Å². The normalized spacial score (nSPS) is 17.2. The molecule has 5 nitrogen and oxygen atoms in total. The highest BCUT2D eigenvalue weighted by molar-refractivity contribution is 6.04. The number of carbonyl (C=O) groups is 1. The summed E-state index contributed by atoms with van der Waals surface area (Å²) in [5.41, 5.74) is 1.31. The van der Waals surface area contributed by atoms with Crippen LogP contribution in [0.15, 0.2) is 48.8 Å². The maximum absolute atomic E-state index is 12.0. The number of hydrogen-bond donors (Lipinski definition) is 1. The highest BCUT2D eigenvalue weighted by atomic mass is 16.5. The molecule has 1 aromatic carbocycles. The van der Waals surface area contributed by atoms with E-state index in [0.717, 1.165) is 30.9 Å². The average molecular weight is 298 g/mol. The van der Waals surface area contributed by atoms with Gasteiger partial charge in [0, 0.05) is 30.3 Å². The smallest absolute Gasteiger partial charge is 0.255 e. The number of rotatable bonds is 5. The van der Waals surface area contributed by atoms with E-state index in [1.165, 1.54) is 0 Å². The Morgan fingerprint density at radius 3 is 2.68 bits per heavy atom. The molecule has 1 aliphatic heterocycles. The molecule has 5 heteroatoms. The standard InChI is InChI=1S/C17H18N2O3/c20-17(13-7-9-18-10-8-13)19-14-3-5-15(6-4-14)22-12-16-2-1-11-21-16/h3-10,16H,1-2,11-12H2,(H,19,20)/t16-/m1/s1. The van der Waals surface area contributed by atoms with Crippen LogP contribution in [-0.2, 0) is 4.74 Å². The predicted molar refractivity (Wildman–Crippen MR) is 83.1 cm³/mol. The van der Waals surface area contributed by atoms with Gasteiger partial charge < -0.3 is 14.8 Å². The highest BCUT2D eigenvalue weighted by Crippen LogP contribution is 2.18. The van der Waals surface area contributed by atoms with Crippen molar-refractivity contribution in [2.75, 3.05) is 18.5 Å². The fourth-order valence-electron chi connectivity index (χ4n) is 2.31. The zero-order valence-corrected chi connectivity index (χ0v) is 12.2. The molecule has 0 aliphatic carbocycles. The molecule has 1 amide bonds. The molecule has 1 atom stereocenters. The van der Waals surface area contributed by atoms with Crippen molar-refractivity contribution in [3.05, 3.63) is 54.4 Å². The van der Waals surface area contributed by atoms with Crippen molar-refractivity contribution in [3.8, 4) is 5.75 Å². The molecule has 0 saturated carbocycles. The minimum absolute atomic E-state index is 0.157. The third-order valence-electron chi connectivity index (χ3n) is 3.51. The predicted octanol–water partition coefficient (Wildman–Crippen LogP) is 2.89. The summed E-state index contributed by atoms with van der Waals surface area (Å²) in [6, 6.07) is 10.7. The van der Waals surface area contributed by atoms with E-state index in [1.54, 1.807) is 24.5 Å². The summed E-state index contributed by atoms with van der Waals surface area (Å²) in [4.78, 5) is 15.9. The zero-order chi connectivity index (χ0) is 15.2. The summed E-state index contributed by atoms with van der Waals surface area (Å²) in [5.74, 6) is 0.618. The topological polar surface area (TPSA) is 60.5 Å². The van der Waals surface area contributed by atoms with Gasteiger partial charge in [-0.25, -0.2) is 0 Å². The van der Waals surface area contributed by atoms with Crippen LogP contribution in [0.1, 0.15) is 23.2 Å². The Labute approximate surface area is 129 Å². The minimum atomic E-state index is -0.157. The van der Waals surface area contributed by atoms with Gasteiger partial charge in [-0.2, -0.15) is 0 Å². The summed E-state index contributed by atoms with van der Waals surface area (Å²) in [7, 11) is 0. The van der Waals surface area contributed by atoms with E-state index in [0.29, 0.717) is 12.2 Å². The fourth-order valence-corrected chi connectivity index (χ4v) is 2.31. The molecule has 2 aromatic rings. The van der Waals surface area contributed by atoms with Crippen LogP contribution in [0.2, 0.25) is 0 Å². The molecular weight excluding hydrogens is 280 g/mol. The number of nitrogens with zero attached hydrogens (tertiary/aromatic N) is 1. The maximum Gasteiger partial charge on any atom is 0.255 e. The van der Waals surface area contributed by atoms with Gasteiger partial charge in [-0.1, -0.05) is 0 Å². The molecule has 3 rings (SSSR count). The second-order valence-corrected chi connectivity index (χ2v) is 5.16. The van der Waals surface area contributed by atoms with Crippen LogP contribution in [0, 0.1) is 0 Å². The monoisotopic (exact) mass is 298 g/mol. The molecule has 22 heavy (non-hydrogen) atoms. The van der Waals surface area contributed by atoms with Crippen molar-refractivity contribution < 1.29 is 14.3 Å². The number of nitrogens with one attached hydrogen (secondary N) is 1. The van der Waals surface area contributed by atoms with Crippen molar-refractivity contribution in [2.45, 2.75) is 18.9 Å². The van der Waals surface area contributed by atoms with Gasteiger partial charge in [0.25, 0.3) is 5.91 Å². The average Bonchev–Trinajstić information content (AvgIpc) is 3.08. The number of hydrogen-bond acceptors (Lipinski definition) is 4. The van der Waals surface area contributed by atoms with Crippen molar-refractivity contribution in [2.24, 2.45) is 0 Å². The summed E-state index contributed by atoms with van der Waals surface area (Å²) in [6.45, 7) is 1.40. The van der Waals surface area contributed by atoms with Crippen molar-refractivity contribution in [1.82, 2.24) is 4.98 Å². The Morgan fingerprint density at radius 1 is 1.23 bits per heavy atom. The van der Waals surface area contributed by atoms with E-state index in [-0.39, 0.29) is 12.0 Å². The fraction of sp³-hybridized carbons (Fsp3) is 0.294. The van der Waals surface area contributed by atoms with E-state index in [1.807, 2.05) is 24.3 Å². The second kappa shape index (κ2) is 7.04. The van der Waals surface area contributed by atoms with Crippen LogP contribution in [0.4, 0.5) is 5.69 Å². The molecule has 1 aromatic heterocycles. The SMILES string of the molecule is O=C(Nc1ccc(OC[C@H]2CCCO2)cc1)c1ccncc1. The Bertz CT molecular complexity index is 608. The first-order valence-corrected chi connectivity index (χ1v) is 7.37. The van der Waals surface area contributed by atoms with Crippen LogP contribution in [0.5, 0.6) is 5.75 Å². The molecular formula is C17H18N2O3. The van der Waals surface area contributed by atoms with Gasteiger partial charge >= 0.3 is 0 Å². The number of anilines is 1. The highest BCUT2D eigenvalue weighted by Gasteiger charge is 2.15. The van der Waals surface area contributed by atoms with Crippen LogP contribution >= 0.6 is 0 Å². The second-order valence-electron chi connectivity index (χ2n) is 5.16. The Kier molecular flexibility index (Phi) is 4.65. The van der Waals surface area contributed by atoms with Crippen molar-refractivity contribution in [3.63, 3.8) is 0 Å². The summed E-state index contributed by atoms with van der Waals surface area (Å²) in [5, 5.41) is 2.84. The van der Waals surface area contributed by atoms with Gasteiger partial charge in [0.1, 0.15) is 12.4 Å². The van der Waals surface area contributed by atoms with E-state index >= 15 is 0 Å². The number of amides is 1. The first kappa shape index (κ1) is 14.5. The molecule has 1 aliphatic rings. The van der Waals surface area contributed by atoms with Crippen LogP contribution in [-0.4, -0.2) is 30.2 Å². The molecule has 0 unspecified atom stereocenters. The number of carbonyl (C=O) groups excluding carboxylic acids is 1. The van der Waals surface area contributed by atoms with Gasteiger partial charge in [0.05, 0.1) is 6.10 Å². The van der Waals surface area contributed by atoms with E-state index in [9.17, 15) is 4.79 Å². The summed E-state index contributed by atoms with van der Waals surface area (Å²) >= 11 is 0. The van der Waals surface area contributed by atoms with Crippen LogP contribution in [0.3, 0.4) is 0 Å². The lowest BCUT2D eigenvalue weighted by Gasteiger charge is -2.12. The molecule has 1 N–H and O–H groups in total. The van der Waals surface area contributed by atoms with Gasteiger partial charge in [-0.3, -0.25) is 9.78 Å². The summed E-state index contributed by atoms with van der Waals surface area (Å²) in [6.07, 6.45) is 5.55. The third-order valence-corrected chi connectivity index (χ3v) is 3.51. The van der Waals surface area contributed by atoms with Gasteiger partial charge in [-0.15, -0.1) is 0 Å². The van der Waals surface area contributed by atoms with Gasteiger partial charge in [0.2, 0.25) is 0 Å². The first-order valence-electron chi connectivity index (χ1n) is 7.37.